The predicted molar refractivity (Wildman–Crippen MR) is 111 cm³/mol. The quantitative estimate of drug-likeness (QED) is 0.748. The summed E-state index contributed by atoms with van der Waals surface area (Å²) in [5.41, 5.74) is 1.53. The van der Waals surface area contributed by atoms with Crippen molar-refractivity contribution >= 4 is 11.9 Å². The molecule has 1 saturated carbocycles. The van der Waals surface area contributed by atoms with E-state index in [1.165, 1.54) is 6.42 Å². The third-order valence-corrected chi connectivity index (χ3v) is 5.42. The lowest BCUT2D eigenvalue weighted by atomic mass is 9.96. The van der Waals surface area contributed by atoms with E-state index in [9.17, 15) is 4.79 Å². The fourth-order valence-electron chi connectivity index (χ4n) is 3.58. The zero-order valence-corrected chi connectivity index (χ0v) is 17.1. The van der Waals surface area contributed by atoms with E-state index in [0.717, 1.165) is 18.5 Å². The van der Waals surface area contributed by atoms with Crippen LogP contribution in [0.5, 0.6) is 11.6 Å². The van der Waals surface area contributed by atoms with Crippen molar-refractivity contribution < 1.29 is 14.3 Å². The first-order chi connectivity index (χ1) is 14.1. The van der Waals surface area contributed by atoms with E-state index >= 15 is 0 Å². The van der Waals surface area contributed by atoms with Crippen molar-refractivity contribution in [2.75, 3.05) is 37.7 Å². The third kappa shape index (κ3) is 4.44. The summed E-state index contributed by atoms with van der Waals surface area (Å²) in [6, 6.07) is 9.42. The van der Waals surface area contributed by atoms with Crippen LogP contribution in [0.25, 0.3) is 0 Å². The number of ether oxygens (including phenoxy) is 2. The normalized spacial score (nSPS) is 17.0. The first kappa shape index (κ1) is 19.5. The molecule has 1 aliphatic heterocycles. The topological polar surface area (TPSA) is 67.8 Å². The standard InChI is InChI=1S/C22H28N4O3/c1-3-28-20-15-16(2)23-22(24-20)26-13-11-25(12-14-26)21(27)18-9-4-5-10-19(18)29-17-7-6-8-17/h4-5,9-10,15,17H,3,6-8,11-14H2,1-2H3. The molecule has 2 fully saturated rings. The van der Waals surface area contributed by atoms with E-state index in [4.69, 9.17) is 9.47 Å². The van der Waals surface area contributed by atoms with Crippen molar-refractivity contribution in [1.29, 1.82) is 0 Å². The Morgan fingerprint density at radius 1 is 1.14 bits per heavy atom. The highest BCUT2D eigenvalue weighted by atomic mass is 16.5. The summed E-state index contributed by atoms with van der Waals surface area (Å²) in [5, 5.41) is 0. The highest BCUT2D eigenvalue weighted by Gasteiger charge is 2.27. The Kier molecular flexibility index (Phi) is 5.83. The van der Waals surface area contributed by atoms with Crippen LogP contribution in [0, 0.1) is 6.92 Å². The minimum atomic E-state index is 0.0275. The van der Waals surface area contributed by atoms with Crippen LogP contribution in [-0.2, 0) is 0 Å². The van der Waals surface area contributed by atoms with Crippen LogP contribution in [0.4, 0.5) is 5.95 Å². The maximum atomic E-state index is 13.1. The molecule has 2 aromatic rings. The van der Waals surface area contributed by atoms with Crippen LogP contribution in [0.1, 0.15) is 42.2 Å². The summed E-state index contributed by atoms with van der Waals surface area (Å²) >= 11 is 0. The Bertz CT molecular complexity index is 861. The lowest BCUT2D eigenvalue weighted by Crippen LogP contribution is -2.49. The van der Waals surface area contributed by atoms with Crippen molar-refractivity contribution in [3.8, 4) is 11.6 Å². The van der Waals surface area contributed by atoms with Gasteiger partial charge in [0.2, 0.25) is 11.8 Å². The minimum Gasteiger partial charge on any atom is -0.490 e. The molecule has 0 radical (unpaired) electrons. The molecule has 1 saturated heterocycles. The maximum Gasteiger partial charge on any atom is 0.257 e. The van der Waals surface area contributed by atoms with E-state index in [2.05, 4.69) is 14.9 Å². The maximum absolute atomic E-state index is 13.1. The van der Waals surface area contributed by atoms with Crippen molar-refractivity contribution in [2.24, 2.45) is 0 Å². The molecule has 2 aliphatic rings. The molecule has 1 aromatic heterocycles. The molecular weight excluding hydrogens is 368 g/mol. The number of para-hydroxylation sites is 1. The molecule has 1 aromatic carbocycles. The summed E-state index contributed by atoms with van der Waals surface area (Å²) in [5.74, 6) is 1.98. The number of aromatic nitrogens is 2. The molecule has 4 rings (SSSR count). The fourth-order valence-corrected chi connectivity index (χ4v) is 3.58. The lowest BCUT2D eigenvalue weighted by Gasteiger charge is -2.35. The molecule has 2 heterocycles. The largest absolute Gasteiger partial charge is 0.490 e. The minimum absolute atomic E-state index is 0.0275. The Balaban J connectivity index is 1.42. The Hall–Kier alpha value is -2.83. The van der Waals surface area contributed by atoms with Gasteiger partial charge in [-0.1, -0.05) is 12.1 Å². The van der Waals surface area contributed by atoms with Gasteiger partial charge >= 0.3 is 0 Å². The van der Waals surface area contributed by atoms with Gasteiger partial charge in [0.1, 0.15) is 5.75 Å². The number of rotatable bonds is 6. The van der Waals surface area contributed by atoms with Crippen LogP contribution in [-0.4, -0.2) is 59.7 Å². The Morgan fingerprint density at radius 2 is 1.90 bits per heavy atom. The molecule has 0 bridgehead atoms. The summed E-state index contributed by atoms with van der Waals surface area (Å²) in [6.45, 7) is 7.07. The molecule has 154 valence electrons. The molecule has 0 atom stereocenters. The van der Waals surface area contributed by atoms with Gasteiger partial charge in [0.15, 0.2) is 0 Å². The van der Waals surface area contributed by atoms with Gasteiger partial charge in [0, 0.05) is 37.9 Å². The second-order valence-corrected chi connectivity index (χ2v) is 7.53. The first-order valence-electron chi connectivity index (χ1n) is 10.4. The highest BCUT2D eigenvalue weighted by Crippen LogP contribution is 2.28. The van der Waals surface area contributed by atoms with Crippen LogP contribution in [0.2, 0.25) is 0 Å². The van der Waals surface area contributed by atoms with Crippen LogP contribution < -0.4 is 14.4 Å². The molecule has 0 unspecified atom stereocenters. The monoisotopic (exact) mass is 396 g/mol. The average molecular weight is 396 g/mol. The summed E-state index contributed by atoms with van der Waals surface area (Å²) in [7, 11) is 0. The highest BCUT2D eigenvalue weighted by molar-refractivity contribution is 5.97. The number of hydrogen-bond acceptors (Lipinski definition) is 6. The zero-order chi connectivity index (χ0) is 20.2. The number of amides is 1. The number of anilines is 1. The van der Waals surface area contributed by atoms with Crippen molar-refractivity contribution in [3.05, 3.63) is 41.6 Å². The summed E-state index contributed by atoms with van der Waals surface area (Å²) < 4.78 is 11.6. The Morgan fingerprint density at radius 3 is 2.59 bits per heavy atom. The van der Waals surface area contributed by atoms with E-state index in [-0.39, 0.29) is 12.0 Å². The van der Waals surface area contributed by atoms with Crippen molar-refractivity contribution in [1.82, 2.24) is 14.9 Å². The number of carbonyl (C=O) groups excluding carboxylic acids is 1. The second kappa shape index (κ2) is 8.68. The predicted octanol–water partition coefficient (Wildman–Crippen LogP) is 3.08. The molecule has 29 heavy (non-hydrogen) atoms. The number of hydrogen-bond donors (Lipinski definition) is 0. The zero-order valence-electron chi connectivity index (χ0n) is 17.1. The molecule has 7 nitrogen and oxygen atoms in total. The molecule has 1 amide bonds. The first-order valence-corrected chi connectivity index (χ1v) is 10.4. The number of nitrogens with zero attached hydrogens (tertiary/aromatic N) is 4. The van der Waals surface area contributed by atoms with Crippen LogP contribution in [0.15, 0.2) is 30.3 Å². The SMILES string of the molecule is CCOc1cc(C)nc(N2CCN(C(=O)c3ccccc3OC3CCC3)CC2)n1. The molecule has 1 aliphatic carbocycles. The molecule has 0 spiro atoms. The number of piperazine rings is 1. The van der Waals surface area contributed by atoms with Gasteiger partial charge in [-0.15, -0.1) is 0 Å². The van der Waals surface area contributed by atoms with Gasteiger partial charge in [0.25, 0.3) is 5.91 Å². The van der Waals surface area contributed by atoms with Gasteiger partial charge in [-0.3, -0.25) is 4.79 Å². The molecule has 0 N–H and O–H groups in total. The summed E-state index contributed by atoms with van der Waals surface area (Å²) in [6.07, 6.45) is 3.59. The van der Waals surface area contributed by atoms with Gasteiger partial charge < -0.3 is 19.3 Å². The van der Waals surface area contributed by atoms with Crippen LogP contribution >= 0.6 is 0 Å². The number of carbonyl (C=O) groups is 1. The van der Waals surface area contributed by atoms with E-state index in [0.29, 0.717) is 55.9 Å². The van der Waals surface area contributed by atoms with E-state index in [1.54, 1.807) is 0 Å². The van der Waals surface area contributed by atoms with Gasteiger partial charge in [-0.2, -0.15) is 4.98 Å². The van der Waals surface area contributed by atoms with Crippen LogP contribution in [0.3, 0.4) is 0 Å². The van der Waals surface area contributed by atoms with E-state index in [1.807, 2.05) is 49.1 Å². The second-order valence-electron chi connectivity index (χ2n) is 7.53. The third-order valence-electron chi connectivity index (χ3n) is 5.42. The summed E-state index contributed by atoms with van der Waals surface area (Å²) in [4.78, 5) is 26.2. The number of aryl methyl sites for hydroxylation is 1. The van der Waals surface area contributed by atoms with Crippen molar-refractivity contribution in [2.45, 2.75) is 39.2 Å². The lowest BCUT2D eigenvalue weighted by molar-refractivity contribution is 0.0728. The van der Waals surface area contributed by atoms with E-state index < -0.39 is 0 Å². The smallest absolute Gasteiger partial charge is 0.257 e. The molecular formula is C22H28N4O3. The Labute approximate surface area is 171 Å². The van der Waals surface area contributed by atoms with Gasteiger partial charge in [-0.05, 0) is 45.2 Å². The average Bonchev–Trinajstić information content (AvgIpc) is 2.70. The van der Waals surface area contributed by atoms with Crippen molar-refractivity contribution in [3.63, 3.8) is 0 Å². The molecule has 7 heteroatoms. The number of benzene rings is 1. The fraction of sp³-hybridized carbons (Fsp3) is 0.500. The van der Waals surface area contributed by atoms with Gasteiger partial charge in [0.05, 0.1) is 18.3 Å². The van der Waals surface area contributed by atoms with Gasteiger partial charge in [-0.25, -0.2) is 4.98 Å².